The van der Waals surface area contributed by atoms with Crippen LogP contribution >= 0.6 is 0 Å². The fourth-order valence-electron chi connectivity index (χ4n) is 2.33. The molecule has 0 saturated carbocycles. The molecule has 1 saturated heterocycles. The summed E-state index contributed by atoms with van der Waals surface area (Å²) in [6.07, 6.45) is 2.96. The molecule has 2 rings (SSSR count). The summed E-state index contributed by atoms with van der Waals surface area (Å²) >= 11 is 0. The number of hydrogen-bond acceptors (Lipinski definition) is 5. The molecule has 0 radical (unpaired) electrons. The van der Waals surface area contributed by atoms with Crippen LogP contribution in [0.15, 0.2) is 12.3 Å². The number of pyridine rings is 1. The molecule has 98 valence electrons. The minimum Gasteiger partial charge on any atom is -0.383 e. The lowest BCUT2D eigenvalue weighted by molar-refractivity contribution is 0.0200. The van der Waals surface area contributed by atoms with Gasteiger partial charge in [-0.05, 0) is 31.4 Å². The van der Waals surface area contributed by atoms with Crippen molar-refractivity contribution in [3.05, 3.63) is 23.4 Å². The fourth-order valence-corrected chi connectivity index (χ4v) is 2.33. The third-order valence-corrected chi connectivity index (χ3v) is 3.62. The molecule has 0 bridgehead atoms. The van der Waals surface area contributed by atoms with Gasteiger partial charge < -0.3 is 16.2 Å². The Morgan fingerprint density at radius 2 is 2.17 bits per heavy atom. The molecule has 5 heteroatoms. The van der Waals surface area contributed by atoms with E-state index < -0.39 is 5.41 Å². The van der Waals surface area contributed by atoms with E-state index in [1.165, 1.54) is 0 Å². The Kier molecular flexibility index (Phi) is 3.63. The number of hydrogen-bond donors (Lipinski definition) is 2. The highest BCUT2D eigenvalue weighted by Gasteiger charge is 2.40. The lowest BCUT2D eigenvalue weighted by Crippen LogP contribution is -2.43. The normalized spacial score (nSPS) is 18.6. The van der Waals surface area contributed by atoms with Crippen LogP contribution in [0.2, 0.25) is 0 Å². The van der Waals surface area contributed by atoms with Crippen molar-refractivity contribution in [1.29, 1.82) is 0 Å². The first-order valence-electron chi connectivity index (χ1n) is 6.14. The smallest absolute Gasteiger partial charge is 0.174 e. The molecule has 0 aliphatic carbocycles. The molecule has 2 heterocycles. The van der Waals surface area contributed by atoms with E-state index in [4.69, 9.17) is 16.2 Å². The minimum absolute atomic E-state index is 0.00185. The number of nitrogens with two attached hydrogens (primary N) is 2. The van der Waals surface area contributed by atoms with E-state index in [-0.39, 0.29) is 11.6 Å². The van der Waals surface area contributed by atoms with Gasteiger partial charge in [-0.25, -0.2) is 4.98 Å². The number of ether oxygens (including phenoxy) is 1. The van der Waals surface area contributed by atoms with Crippen molar-refractivity contribution in [2.24, 2.45) is 11.1 Å². The van der Waals surface area contributed by atoms with E-state index in [1.54, 1.807) is 12.3 Å². The molecule has 1 fully saturated rings. The highest BCUT2D eigenvalue weighted by atomic mass is 16.5. The van der Waals surface area contributed by atoms with Gasteiger partial charge >= 0.3 is 0 Å². The van der Waals surface area contributed by atoms with Gasteiger partial charge in [-0.15, -0.1) is 0 Å². The number of ketones is 1. The van der Waals surface area contributed by atoms with Gasteiger partial charge in [-0.3, -0.25) is 4.79 Å². The van der Waals surface area contributed by atoms with Crippen LogP contribution in [0.3, 0.4) is 0 Å². The summed E-state index contributed by atoms with van der Waals surface area (Å²) in [5, 5.41) is 0. The number of Topliss-reactive ketones (excluding diaryl/α,β-unsaturated/α-hetero) is 1. The Labute approximate surface area is 107 Å². The molecule has 0 unspecified atom stereocenters. The van der Waals surface area contributed by atoms with E-state index in [9.17, 15) is 4.79 Å². The van der Waals surface area contributed by atoms with Gasteiger partial charge in [0.2, 0.25) is 0 Å². The van der Waals surface area contributed by atoms with Gasteiger partial charge in [0, 0.05) is 26.0 Å². The summed E-state index contributed by atoms with van der Waals surface area (Å²) in [6.45, 7) is 3.36. The SMILES string of the molecule is Cc1cnc(N)c(C(=O)C2(CN)CCOCC2)c1. The summed E-state index contributed by atoms with van der Waals surface area (Å²) in [7, 11) is 0. The molecule has 5 nitrogen and oxygen atoms in total. The van der Waals surface area contributed by atoms with Gasteiger partial charge in [-0.2, -0.15) is 0 Å². The van der Waals surface area contributed by atoms with E-state index in [2.05, 4.69) is 4.98 Å². The summed E-state index contributed by atoms with van der Waals surface area (Å²) in [5.74, 6) is 0.284. The molecule has 1 aromatic rings. The van der Waals surface area contributed by atoms with E-state index >= 15 is 0 Å². The fraction of sp³-hybridized carbons (Fsp3) is 0.538. The van der Waals surface area contributed by atoms with Crippen molar-refractivity contribution in [3.8, 4) is 0 Å². The average Bonchev–Trinajstić information content (AvgIpc) is 2.41. The maximum absolute atomic E-state index is 12.7. The molecule has 1 aliphatic heterocycles. The zero-order valence-electron chi connectivity index (χ0n) is 10.6. The highest BCUT2D eigenvalue weighted by molar-refractivity contribution is 6.04. The van der Waals surface area contributed by atoms with Gasteiger partial charge in [-0.1, -0.05) is 0 Å². The zero-order chi connectivity index (χ0) is 13.2. The maximum Gasteiger partial charge on any atom is 0.174 e. The molecular weight excluding hydrogens is 230 g/mol. The number of aryl methyl sites for hydroxylation is 1. The standard InChI is InChI=1S/C13H19N3O2/c1-9-6-10(12(15)16-7-9)11(17)13(8-14)2-4-18-5-3-13/h6-7H,2-5,8,14H2,1H3,(H2,15,16). The van der Waals surface area contributed by atoms with Crippen LogP contribution in [0.1, 0.15) is 28.8 Å². The Morgan fingerprint density at radius 1 is 1.50 bits per heavy atom. The molecular formula is C13H19N3O2. The van der Waals surface area contributed by atoms with Crippen LogP contribution < -0.4 is 11.5 Å². The maximum atomic E-state index is 12.7. The number of anilines is 1. The third kappa shape index (κ3) is 2.23. The van der Waals surface area contributed by atoms with Crippen LogP contribution in [-0.2, 0) is 4.74 Å². The number of aromatic nitrogens is 1. The topological polar surface area (TPSA) is 91.2 Å². The average molecular weight is 249 g/mol. The molecule has 0 amide bonds. The largest absolute Gasteiger partial charge is 0.383 e. The van der Waals surface area contributed by atoms with Crippen LogP contribution in [-0.4, -0.2) is 30.5 Å². The second-order valence-electron chi connectivity index (χ2n) is 4.87. The first-order chi connectivity index (χ1) is 8.59. The van der Waals surface area contributed by atoms with Crippen molar-refractivity contribution in [3.63, 3.8) is 0 Å². The second kappa shape index (κ2) is 5.04. The van der Waals surface area contributed by atoms with Crippen molar-refractivity contribution in [2.75, 3.05) is 25.5 Å². The van der Waals surface area contributed by atoms with Crippen LogP contribution in [0.5, 0.6) is 0 Å². The summed E-state index contributed by atoms with van der Waals surface area (Å²) in [6, 6.07) is 1.79. The Hall–Kier alpha value is -1.46. The second-order valence-corrected chi connectivity index (χ2v) is 4.87. The van der Waals surface area contributed by atoms with E-state index in [1.807, 2.05) is 6.92 Å². The summed E-state index contributed by atoms with van der Waals surface area (Å²) in [5.41, 5.74) is 12.5. The molecule has 0 aromatic carbocycles. The first-order valence-corrected chi connectivity index (χ1v) is 6.14. The van der Waals surface area contributed by atoms with Gasteiger partial charge in [0.15, 0.2) is 5.78 Å². The van der Waals surface area contributed by atoms with Crippen molar-refractivity contribution >= 4 is 11.6 Å². The summed E-state index contributed by atoms with van der Waals surface area (Å²) < 4.78 is 5.31. The summed E-state index contributed by atoms with van der Waals surface area (Å²) in [4.78, 5) is 16.7. The zero-order valence-corrected chi connectivity index (χ0v) is 10.6. The number of nitrogens with zero attached hydrogens (tertiary/aromatic N) is 1. The minimum atomic E-state index is -0.540. The predicted octanol–water partition coefficient (Wildman–Crippen LogP) is 0.910. The molecule has 1 aliphatic rings. The van der Waals surface area contributed by atoms with Crippen molar-refractivity contribution in [2.45, 2.75) is 19.8 Å². The number of carbonyl (C=O) groups is 1. The molecule has 0 spiro atoms. The van der Waals surface area contributed by atoms with Gasteiger partial charge in [0.05, 0.1) is 11.0 Å². The molecule has 0 atom stereocenters. The predicted molar refractivity (Wildman–Crippen MR) is 69.3 cm³/mol. The van der Waals surface area contributed by atoms with Gasteiger partial charge in [0.25, 0.3) is 0 Å². The van der Waals surface area contributed by atoms with E-state index in [0.29, 0.717) is 38.2 Å². The molecule has 4 N–H and O–H groups in total. The van der Waals surface area contributed by atoms with Crippen LogP contribution in [0.4, 0.5) is 5.82 Å². The Morgan fingerprint density at radius 3 is 2.78 bits per heavy atom. The molecule has 1 aromatic heterocycles. The lowest BCUT2D eigenvalue weighted by Gasteiger charge is -2.34. The van der Waals surface area contributed by atoms with Crippen molar-refractivity contribution < 1.29 is 9.53 Å². The van der Waals surface area contributed by atoms with Gasteiger partial charge in [0.1, 0.15) is 5.82 Å². The van der Waals surface area contributed by atoms with Crippen LogP contribution in [0, 0.1) is 12.3 Å². The number of rotatable bonds is 3. The quantitative estimate of drug-likeness (QED) is 0.777. The highest BCUT2D eigenvalue weighted by Crippen LogP contribution is 2.34. The monoisotopic (exact) mass is 249 g/mol. The Balaban J connectivity index is 2.36. The third-order valence-electron chi connectivity index (χ3n) is 3.62. The number of carbonyl (C=O) groups excluding carboxylic acids is 1. The van der Waals surface area contributed by atoms with Crippen LogP contribution in [0.25, 0.3) is 0 Å². The number of nitrogen functional groups attached to an aromatic ring is 1. The molecule has 18 heavy (non-hydrogen) atoms. The Bertz CT molecular complexity index is 454. The first kappa shape index (κ1) is 13.0. The van der Waals surface area contributed by atoms with E-state index in [0.717, 1.165) is 5.56 Å². The lowest BCUT2D eigenvalue weighted by atomic mass is 9.74. The van der Waals surface area contributed by atoms with Crippen molar-refractivity contribution in [1.82, 2.24) is 4.98 Å².